The standard InChI is InChI=1S/C12H16N2O4.ClH/c1-2-16-4-3-12(15)14-9-6-11-10(5-8(9)13)17-7-18-11;/h5-6H,2-4,7,13H2,1H3,(H,14,15);1H. The number of anilines is 2. The Kier molecular flexibility index (Phi) is 5.72. The molecular weight excluding hydrogens is 272 g/mol. The van der Waals surface area contributed by atoms with Gasteiger partial charge in [-0.25, -0.2) is 0 Å². The molecule has 19 heavy (non-hydrogen) atoms. The van der Waals surface area contributed by atoms with Crippen molar-refractivity contribution in [3.8, 4) is 11.5 Å². The molecular formula is C12H17ClN2O4. The van der Waals surface area contributed by atoms with Gasteiger partial charge < -0.3 is 25.3 Å². The fourth-order valence-corrected chi connectivity index (χ4v) is 1.59. The lowest BCUT2D eigenvalue weighted by atomic mass is 10.2. The number of nitrogen functional groups attached to an aromatic ring is 1. The summed E-state index contributed by atoms with van der Waals surface area (Å²) >= 11 is 0. The maximum atomic E-state index is 11.6. The van der Waals surface area contributed by atoms with Gasteiger partial charge in [-0.05, 0) is 6.92 Å². The van der Waals surface area contributed by atoms with Gasteiger partial charge in [0, 0.05) is 18.7 Å². The highest BCUT2D eigenvalue weighted by Crippen LogP contribution is 2.38. The third-order valence-corrected chi connectivity index (χ3v) is 2.50. The van der Waals surface area contributed by atoms with Crippen LogP contribution in [0.15, 0.2) is 12.1 Å². The summed E-state index contributed by atoms with van der Waals surface area (Å²) in [5.41, 5.74) is 6.79. The van der Waals surface area contributed by atoms with Crippen LogP contribution in [0.4, 0.5) is 11.4 Å². The number of benzene rings is 1. The molecule has 0 saturated carbocycles. The summed E-state index contributed by atoms with van der Waals surface area (Å²) in [6, 6.07) is 3.30. The number of nitrogens with one attached hydrogen (secondary N) is 1. The van der Waals surface area contributed by atoms with Gasteiger partial charge in [-0.2, -0.15) is 0 Å². The maximum Gasteiger partial charge on any atom is 0.231 e. The number of carbonyl (C=O) groups excluding carboxylic acids is 1. The van der Waals surface area contributed by atoms with Crippen molar-refractivity contribution in [3.63, 3.8) is 0 Å². The SMILES string of the molecule is CCOCCC(=O)Nc1cc2c(cc1N)OCO2.Cl. The molecule has 0 atom stereocenters. The first-order valence-electron chi connectivity index (χ1n) is 5.77. The van der Waals surface area contributed by atoms with Gasteiger partial charge in [0.15, 0.2) is 11.5 Å². The lowest BCUT2D eigenvalue weighted by Gasteiger charge is -2.09. The summed E-state index contributed by atoms with van der Waals surface area (Å²) in [5, 5.41) is 2.72. The fourth-order valence-electron chi connectivity index (χ4n) is 1.59. The van der Waals surface area contributed by atoms with Crippen molar-refractivity contribution in [2.75, 3.05) is 31.1 Å². The molecule has 2 rings (SSSR count). The smallest absolute Gasteiger partial charge is 0.231 e. The zero-order chi connectivity index (χ0) is 13.0. The van der Waals surface area contributed by atoms with Crippen molar-refractivity contribution >= 4 is 29.7 Å². The summed E-state index contributed by atoms with van der Waals surface area (Å²) in [6.45, 7) is 3.05. The first-order chi connectivity index (χ1) is 8.70. The topological polar surface area (TPSA) is 82.8 Å². The minimum Gasteiger partial charge on any atom is -0.454 e. The van der Waals surface area contributed by atoms with Crippen LogP contribution in [-0.2, 0) is 9.53 Å². The highest BCUT2D eigenvalue weighted by Gasteiger charge is 2.17. The molecule has 0 radical (unpaired) electrons. The Hall–Kier alpha value is -1.66. The largest absolute Gasteiger partial charge is 0.454 e. The molecule has 0 bridgehead atoms. The van der Waals surface area contributed by atoms with Crippen LogP contribution >= 0.6 is 12.4 Å². The average molecular weight is 289 g/mol. The number of hydrogen-bond donors (Lipinski definition) is 2. The second-order valence-electron chi connectivity index (χ2n) is 3.79. The lowest BCUT2D eigenvalue weighted by molar-refractivity contribution is -0.117. The molecule has 0 saturated heterocycles. The molecule has 7 heteroatoms. The van der Waals surface area contributed by atoms with Crippen molar-refractivity contribution in [2.45, 2.75) is 13.3 Å². The van der Waals surface area contributed by atoms with E-state index in [4.69, 9.17) is 19.9 Å². The molecule has 0 fully saturated rings. The Balaban J connectivity index is 0.00000180. The third kappa shape index (κ3) is 3.90. The van der Waals surface area contributed by atoms with Gasteiger partial charge in [-0.15, -0.1) is 12.4 Å². The van der Waals surface area contributed by atoms with Crippen molar-refractivity contribution in [3.05, 3.63) is 12.1 Å². The summed E-state index contributed by atoms with van der Waals surface area (Å²) in [5.74, 6) is 1.04. The number of ether oxygens (including phenoxy) is 3. The first-order valence-corrected chi connectivity index (χ1v) is 5.77. The number of carbonyl (C=O) groups is 1. The van der Waals surface area contributed by atoms with E-state index >= 15 is 0 Å². The van der Waals surface area contributed by atoms with Gasteiger partial charge in [-0.3, -0.25) is 4.79 Å². The number of nitrogens with two attached hydrogens (primary N) is 1. The molecule has 1 aliphatic heterocycles. The highest BCUT2D eigenvalue weighted by molar-refractivity contribution is 5.94. The summed E-state index contributed by atoms with van der Waals surface area (Å²) < 4.78 is 15.5. The third-order valence-electron chi connectivity index (χ3n) is 2.50. The Bertz CT molecular complexity index is 454. The maximum absolute atomic E-state index is 11.6. The van der Waals surface area contributed by atoms with E-state index in [9.17, 15) is 4.79 Å². The minimum atomic E-state index is -0.144. The van der Waals surface area contributed by atoms with Crippen LogP contribution in [0.1, 0.15) is 13.3 Å². The molecule has 0 aliphatic carbocycles. The number of rotatable bonds is 5. The Labute approximate surface area is 117 Å². The monoisotopic (exact) mass is 288 g/mol. The van der Waals surface area contributed by atoms with Crippen LogP contribution in [-0.4, -0.2) is 25.9 Å². The van der Waals surface area contributed by atoms with Crippen LogP contribution in [0.5, 0.6) is 11.5 Å². The Morgan fingerprint density at radius 2 is 2.11 bits per heavy atom. The molecule has 3 N–H and O–H groups in total. The van der Waals surface area contributed by atoms with Gasteiger partial charge in [0.1, 0.15) is 0 Å². The molecule has 106 valence electrons. The predicted octanol–water partition coefficient (Wildman–Crippen LogP) is 1.78. The normalized spacial score (nSPS) is 11.8. The van der Waals surface area contributed by atoms with E-state index in [0.717, 1.165) is 0 Å². The molecule has 1 aromatic carbocycles. The van der Waals surface area contributed by atoms with Crippen LogP contribution < -0.4 is 20.5 Å². The quantitative estimate of drug-likeness (QED) is 0.637. The van der Waals surface area contributed by atoms with Gasteiger partial charge >= 0.3 is 0 Å². The molecule has 1 aromatic rings. The summed E-state index contributed by atoms with van der Waals surface area (Å²) in [6.07, 6.45) is 0.293. The first kappa shape index (κ1) is 15.4. The van der Waals surface area contributed by atoms with Crippen molar-refractivity contribution < 1.29 is 19.0 Å². The molecule has 1 amide bonds. The van der Waals surface area contributed by atoms with Crippen LogP contribution in [0.3, 0.4) is 0 Å². The van der Waals surface area contributed by atoms with Gasteiger partial charge in [0.25, 0.3) is 0 Å². The van der Waals surface area contributed by atoms with Crippen molar-refractivity contribution in [1.82, 2.24) is 0 Å². The molecule has 1 heterocycles. The molecule has 0 aromatic heterocycles. The van der Waals surface area contributed by atoms with Gasteiger partial charge in [-0.1, -0.05) is 0 Å². The van der Waals surface area contributed by atoms with E-state index in [0.29, 0.717) is 42.5 Å². The van der Waals surface area contributed by atoms with E-state index in [-0.39, 0.29) is 25.1 Å². The van der Waals surface area contributed by atoms with E-state index < -0.39 is 0 Å². The van der Waals surface area contributed by atoms with Gasteiger partial charge in [0.05, 0.1) is 24.4 Å². The van der Waals surface area contributed by atoms with Gasteiger partial charge in [0.2, 0.25) is 12.7 Å². The Morgan fingerprint density at radius 3 is 2.79 bits per heavy atom. The highest BCUT2D eigenvalue weighted by atomic mass is 35.5. The molecule has 1 aliphatic rings. The van der Waals surface area contributed by atoms with Crippen LogP contribution in [0, 0.1) is 0 Å². The van der Waals surface area contributed by atoms with Crippen molar-refractivity contribution in [1.29, 1.82) is 0 Å². The second kappa shape index (κ2) is 7.06. The van der Waals surface area contributed by atoms with Crippen LogP contribution in [0.2, 0.25) is 0 Å². The molecule has 0 unspecified atom stereocenters. The number of amides is 1. The lowest BCUT2D eigenvalue weighted by Crippen LogP contribution is -2.15. The number of hydrogen-bond acceptors (Lipinski definition) is 5. The molecule has 0 spiro atoms. The zero-order valence-corrected chi connectivity index (χ0v) is 11.4. The Morgan fingerprint density at radius 1 is 1.42 bits per heavy atom. The predicted molar refractivity (Wildman–Crippen MR) is 74.0 cm³/mol. The number of fused-ring (bicyclic) bond motifs is 1. The zero-order valence-electron chi connectivity index (χ0n) is 10.6. The van der Waals surface area contributed by atoms with E-state index in [2.05, 4.69) is 5.32 Å². The summed E-state index contributed by atoms with van der Waals surface area (Å²) in [4.78, 5) is 11.6. The van der Waals surface area contributed by atoms with E-state index in [1.54, 1.807) is 12.1 Å². The summed E-state index contributed by atoms with van der Waals surface area (Å²) in [7, 11) is 0. The van der Waals surface area contributed by atoms with Crippen LogP contribution in [0.25, 0.3) is 0 Å². The fraction of sp³-hybridized carbons (Fsp3) is 0.417. The van der Waals surface area contributed by atoms with Crippen molar-refractivity contribution in [2.24, 2.45) is 0 Å². The second-order valence-corrected chi connectivity index (χ2v) is 3.79. The van der Waals surface area contributed by atoms with E-state index in [1.165, 1.54) is 0 Å². The minimum absolute atomic E-state index is 0. The van der Waals surface area contributed by atoms with E-state index in [1.807, 2.05) is 6.92 Å². The number of halogens is 1. The molecule has 6 nitrogen and oxygen atoms in total. The average Bonchev–Trinajstić information content (AvgIpc) is 2.77.